The molecule has 0 atom stereocenters. The highest BCUT2D eigenvalue weighted by Crippen LogP contribution is 2.17. The number of hydrogen-bond acceptors (Lipinski definition) is 4. The number of aliphatic hydroxyl groups excluding tert-OH is 2. The van der Waals surface area contributed by atoms with Crippen molar-refractivity contribution < 1.29 is 15.0 Å². The number of aliphatic hydroxyl groups is 2. The van der Waals surface area contributed by atoms with Gasteiger partial charge in [-0.05, 0) is 19.3 Å². The maximum Gasteiger partial charge on any atom is 0.234 e. The van der Waals surface area contributed by atoms with Gasteiger partial charge in [-0.15, -0.1) is 0 Å². The third kappa shape index (κ3) is 4.55. The molecule has 1 amide bonds. The van der Waals surface area contributed by atoms with Crippen LogP contribution in [0.1, 0.15) is 45.4 Å². The van der Waals surface area contributed by atoms with Crippen molar-refractivity contribution in [1.29, 1.82) is 0 Å². The Morgan fingerprint density at radius 2 is 1.83 bits per heavy atom. The second-order valence-electron chi connectivity index (χ2n) is 5.21. The van der Waals surface area contributed by atoms with Crippen LogP contribution in [-0.4, -0.2) is 47.5 Å². The molecule has 0 bridgehead atoms. The third-order valence-electron chi connectivity index (χ3n) is 3.88. The van der Waals surface area contributed by atoms with Crippen molar-refractivity contribution in [1.82, 2.24) is 10.6 Å². The van der Waals surface area contributed by atoms with E-state index in [4.69, 9.17) is 0 Å². The molecule has 0 aromatic carbocycles. The lowest BCUT2D eigenvalue weighted by Crippen LogP contribution is -2.54. The van der Waals surface area contributed by atoms with Gasteiger partial charge in [-0.25, -0.2) is 0 Å². The van der Waals surface area contributed by atoms with Crippen LogP contribution in [-0.2, 0) is 4.79 Å². The normalized spacial score (nSPS) is 17.7. The fourth-order valence-corrected chi connectivity index (χ4v) is 2.30. The van der Waals surface area contributed by atoms with E-state index in [1.54, 1.807) is 0 Å². The number of hydrogen-bond donors (Lipinski definition) is 4. The molecule has 1 aliphatic carbocycles. The van der Waals surface area contributed by atoms with Crippen LogP contribution in [0.5, 0.6) is 0 Å². The van der Waals surface area contributed by atoms with Crippen molar-refractivity contribution in [3.63, 3.8) is 0 Å². The topological polar surface area (TPSA) is 81.6 Å². The van der Waals surface area contributed by atoms with Crippen molar-refractivity contribution in [2.75, 3.05) is 19.8 Å². The van der Waals surface area contributed by atoms with Gasteiger partial charge in [0.1, 0.15) is 0 Å². The number of amides is 1. The highest BCUT2D eigenvalue weighted by molar-refractivity contribution is 5.78. The lowest BCUT2D eigenvalue weighted by molar-refractivity contribution is -0.121. The molecule has 0 aromatic heterocycles. The molecule has 18 heavy (non-hydrogen) atoms. The van der Waals surface area contributed by atoms with Gasteiger partial charge in [0.2, 0.25) is 5.91 Å². The lowest BCUT2D eigenvalue weighted by Gasteiger charge is -2.30. The summed E-state index contributed by atoms with van der Waals surface area (Å²) in [6, 6.07) is 0.298. The van der Waals surface area contributed by atoms with E-state index >= 15 is 0 Å². The first-order valence-electron chi connectivity index (χ1n) is 6.92. The molecule has 4 N–H and O–H groups in total. The van der Waals surface area contributed by atoms with E-state index in [1.807, 2.05) is 6.92 Å². The Kier molecular flexibility index (Phi) is 6.60. The average molecular weight is 258 g/mol. The predicted molar refractivity (Wildman–Crippen MR) is 70.2 cm³/mol. The highest BCUT2D eigenvalue weighted by Gasteiger charge is 2.27. The minimum atomic E-state index is -0.746. The summed E-state index contributed by atoms with van der Waals surface area (Å²) >= 11 is 0. The molecule has 0 spiro atoms. The molecule has 1 fully saturated rings. The predicted octanol–water partition coefficient (Wildman–Crippen LogP) is 0.158. The van der Waals surface area contributed by atoms with Crippen molar-refractivity contribution in [3.8, 4) is 0 Å². The molecule has 5 nitrogen and oxygen atoms in total. The summed E-state index contributed by atoms with van der Waals surface area (Å²) in [7, 11) is 0. The summed E-state index contributed by atoms with van der Waals surface area (Å²) in [5.74, 6) is -0.0541. The van der Waals surface area contributed by atoms with Gasteiger partial charge in [0.05, 0.1) is 25.3 Å². The van der Waals surface area contributed by atoms with E-state index in [0.717, 1.165) is 12.8 Å². The minimum Gasteiger partial charge on any atom is -0.394 e. The van der Waals surface area contributed by atoms with Crippen LogP contribution >= 0.6 is 0 Å². The van der Waals surface area contributed by atoms with Crippen LogP contribution in [0.3, 0.4) is 0 Å². The van der Waals surface area contributed by atoms with E-state index in [-0.39, 0.29) is 25.7 Å². The lowest BCUT2D eigenvalue weighted by atomic mass is 9.95. The fraction of sp³-hybridized carbons (Fsp3) is 0.923. The molecule has 0 radical (unpaired) electrons. The van der Waals surface area contributed by atoms with Crippen LogP contribution < -0.4 is 10.6 Å². The van der Waals surface area contributed by atoms with Gasteiger partial charge in [-0.1, -0.05) is 26.2 Å². The summed E-state index contributed by atoms with van der Waals surface area (Å²) in [6.45, 7) is 1.68. The van der Waals surface area contributed by atoms with Crippen LogP contribution in [0.2, 0.25) is 0 Å². The first-order chi connectivity index (χ1) is 8.65. The number of rotatable bonds is 7. The van der Waals surface area contributed by atoms with Crippen molar-refractivity contribution in [2.45, 2.75) is 57.0 Å². The Bertz CT molecular complexity index is 240. The molecule has 1 saturated carbocycles. The quantitative estimate of drug-likeness (QED) is 0.524. The Hall–Kier alpha value is -0.650. The van der Waals surface area contributed by atoms with Crippen molar-refractivity contribution >= 4 is 5.91 Å². The molecule has 106 valence electrons. The van der Waals surface area contributed by atoms with E-state index in [9.17, 15) is 15.0 Å². The maximum atomic E-state index is 11.8. The highest BCUT2D eigenvalue weighted by atomic mass is 16.3. The van der Waals surface area contributed by atoms with Crippen LogP contribution in [0.4, 0.5) is 0 Å². The van der Waals surface area contributed by atoms with E-state index in [0.29, 0.717) is 12.5 Å². The molecule has 5 heteroatoms. The van der Waals surface area contributed by atoms with Crippen molar-refractivity contribution in [2.24, 2.45) is 0 Å². The zero-order valence-corrected chi connectivity index (χ0v) is 11.2. The van der Waals surface area contributed by atoms with Gasteiger partial charge >= 0.3 is 0 Å². The molecule has 0 aliphatic heterocycles. The summed E-state index contributed by atoms with van der Waals surface area (Å²) in [6.07, 6.45) is 6.33. The summed E-state index contributed by atoms with van der Waals surface area (Å²) in [4.78, 5) is 11.8. The Morgan fingerprint density at radius 1 is 1.22 bits per heavy atom. The van der Waals surface area contributed by atoms with Crippen LogP contribution in [0.25, 0.3) is 0 Å². The van der Waals surface area contributed by atoms with Crippen LogP contribution in [0.15, 0.2) is 0 Å². The molecular formula is C13H26N2O3. The molecule has 0 aromatic rings. The summed E-state index contributed by atoms with van der Waals surface area (Å²) in [5.41, 5.74) is -0.746. The number of carbonyl (C=O) groups is 1. The van der Waals surface area contributed by atoms with Crippen LogP contribution in [0, 0.1) is 0 Å². The van der Waals surface area contributed by atoms with Gasteiger partial charge in [-0.2, -0.15) is 0 Å². The molecule has 1 aliphatic rings. The zero-order chi connectivity index (χ0) is 13.4. The monoisotopic (exact) mass is 258 g/mol. The second-order valence-corrected chi connectivity index (χ2v) is 5.21. The number of nitrogens with one attached hydrogen (secondary N) is 2. The molecule has 0 saturated heterocycles. The molecule has 0 unspecified atom stereocenters. The van der Waals surface area contributed by atoms with Gasteiger partial charge in [0.15, 0.2) is 0 Å². The van der Waals surface area contributed by atoms with Gasteiger partial charge < -0.3 is 15.5 Å². The Balaban J connectivity index is 2.30. The second kappa shape index (κ2) is 7.71. The first-order valence-corrected chi connectivity index (χ1v) is 6.92. The smallest absolute Gasteiger partial charge is 0.234 e. The molecule has 0 heterocycles. The molecular weight excluding hydrogens is 232 g/mol. The van der Waals surface area contributed by atoms with E-state index in [1.165, 1.54) is 19.3 Å². The van der Waals surface area contributed by atoms with Gasteiger partial charge in [0.25, 0.3) is 0 Å². The van der Waals surface area contributed by atoms with E-state index in [2.05, 4.69) is 10.6 Å². The fourth-order valence-electron chi connectivity index (χ4n) is 2.30. The Morgan fingerprint density at radius 3 is 2.33 bits per heavy atom. The Labute approximate surface area is 109 Å². The minimum absolute atomic E-state index is 0.0541. The SMILES string of the molecule is CCC(CO)(CO)NCC(=O)NC1CCCCC1. The zero-order valence-electron chi connectivity index (χ0n) is 11.2. The first kappa shape index (κ1) is 15.4. The maximum absolute atomic E-state index is 11.8. The van der Waals surface area contributed by atoms with Gasteiger partial charge in [0, 0.05) is 6.04 Å². The van der Waals surface area contributed by atoms with Gasteiger partial charge in [-0.3, -0.25) is 10.1 Å². The largest absolute Gasteiger partial charge is 0.394 e. The molecule has 1 rings (SSSR count). The summed E-state index contributed by atoms with van der Waals surface area (Å²) in [5, 5.41) is 24.5. The van der Waals surface area contributed by atoms with E-state index < -0.39 is 5.54 Å². The standard InChI is InChI=1S/C13H26N2O3/c1-2-13(9-16,10-17)14-8-12(18)15-11-6-4-3-5-7-11/h11,14,16-17H,2-10H2,1H3,(H,15,18). The average Bonchev–Trinajstić information content (AvgIpc) is 2.42. The van der Waals surface area contributed by atoms with Crippen molar-refractivity contribution in [3.05, 3.63) is 0 Å². The number of carbonyl (C=O) groups excluding carboxylic acids is 1. The third-order valence-corrected chi connectivity index (χ3v) is 3.88. The summed E-state index contributed by atoms with van der Waals surface area (Å²) < 4.78 is 0.